The van der Waals surface area contributed by atoms with Crippen molar-refractivity contribution in [2.24, 2.45) is 0 Å². The summed E-state index contributed by atoms with van der Waals surface area (Å²) in [6, 6.07) is 4.01. The molecule has 1 aromatic rings. The van der Waals surface area contributed by atoms with Gasteiger partial charge in [-0.25, -0.2) is 4.98 Å². The Morgan fingerprint density at radius 3 is 2.78 bits per heavy atom. The average molecular weight is 267 g/mol. The molecule has 2 rings (SSSR count). The standard InChI is InChI=1S/C14H19ClN2O/c1-17(12-5-3-2-4-6-12)9-13-11(10-18)7-8-14(15)16-13/h7-8,10,12H,2-6,9H2,1H3. The molecule has 0 amide bonds. The van der Waals surface area contributed by atoms with E-state index in [1.165, 1.54) is 32.1 Å². The van der Waals surface area contributed by atoms with Crippen LogP contribution in [-0.4, -0.2) is 29.3 Å². The van der Waals surface area contributed by atoms with E-state index in [9.17, 15) is 4.79 Å². The minimum Gasteiger partial charge on any atom is -0.298 e. The van der Waals surface area contributed by atoms with Crippen molar-refractivity contribution < 1.29 is 4.79 Å². The van der Waals surface area contributed by atoms with Gasteiger partial charge in [-0.3, -0.25) is 9.69 Å². The molecule has 18 heavy (non-hydrogen) atoms. The number of aromatic nitrogens is 1. The molecular formula is C14H19ClN2O. The molecule has 4 heteroatoms. The quantitative estimate of drug-likeness (QED) is 0.619. The lowest BCUT2D eigenvalue weighted by Crippen LogP contribution is -2.33. The highest BCUT2D eigenvalue weighted by atomic mass is 35.5. The number of carbonyl (C=O) groups is 1. The first-order chi connectivity index (χ1) is 8.70. The van der Waals surface area contributed by atoms with E-state index >= 15 is 0 Å². The number of nitrogens with zero attached hydrogens (tertiary/aromatic N) is 2. The fourth-order valence-electron chi connectivity index (χ4n) is 2.61. The lowest BCUT2D eigenvalue weighted by atomic mass is 9.94. The highest BCUT2D eigenvalue weighted by molar-refractivity contribution is 6.29. The minimum atomic E-state index is 0.452. The highest BCUT2D eigenvalue weighted by Crippen LogP contribution is 2.23. The summed E-state index contributed by atoms with van der Waals surface area (Å²) < 4.78 is 0. The first kappa shape index (κ1) is 13.5. The second-order valence-electron chi connectivity index (χ2n) is 4.99. The van der Waals surface area contributed by atoms with E-state index in [1.807, 2.05) is 0 Å². The van der Waals surface area contributed by atoms with Crippen molar-refractivity contribution in [3.63, 3.8) is 0 Å². The van der Waals surface area contributed by atoms with E-state index in [2.05, 4.69) is 16.9 Å². The van der Waals surface area contributed by atoms with Gasteiger partial charge in [0.05, 0.1) is 5.69 Å². The number of hydrogen-bond acceptors (Lipinski definition) is 3. The first-order valence-corrected chi connectivity index (χ1v) is 6.89. The van der Waals surface area contributed by atoms with E-state index < -0.39 is 0 Å². The largest absolute Gasteiger partial charge is 0.298 e. The molecule has 0 unspecified atom stereocenters. The predicted octanol–water partition coefficient (Wildman–Crippen LogP) is 3.31. The number of hydrogen-bond donors (Lipinski definition) is 0. The molecule has 1 aliphatic rings. The van der Waals surface area contributed by atoms with Crippen LogP contribution in [0.1, 0.15) is 48.2 Å². The number of carbonyl (C=O) groups excluding carboxylic acids is 1. The van der Waals surface area contributed by atoms with Crippen LogP contribution in [0, 0.1) is 0 Å². The van der Waals surface area contributed by atoms with Gasteiger partial charge in [-0.1, -0.05) is 30.9 Å². The lowest BCUT2D eigenvalue weighted by Gasteiger charge is -2.31. The van der Waals surface area contributed by atoms with Crippen molar-refractivity contribution in [2.45, 2.75) is 44.7 Å². The summed E-state index contributed by atoms with van der Waals surface area (Å²) >= 11 is 5.90. The van der Waals surface area contributed by atoms with Gasteiger partial charge in [-0.2, -0.15) is 0 Å². The minimum absolute atomic E-state index is 0.452. The Morgan fingerprint density at radius 1 is 1.39 bits per heavy atom. The molecule has 0 saturated heterocycles. The Bertz CT molecular complexity index is 416. The first-order valence-electron chi connectivity index (χ1n) is 6.51. The summed E-state index contributed by atoms with van der Waals surface area (Å²) in [4.78, 5) is 17.6. The van der Waals surface area contributed by atoms with Gasteiger partial charge in [0, 0.05) is 18.2 Å². The summed E-state index contributed by atoms with van der Waals surface area (Å²) in [5, 5.41) is 0.452. The van der Waals surface area contributed by atoms with E-state index in [0.717, 1.165) is 12.0 Å². The Labute approximate surface area is 113 Å². The van der Waals surface area contributed by atoms with Crippen LogP contribution in [-0.2, 0) is 6.54 Å². The van der Waals surface area contributed by atoms with Crippen molar-refractivity contribution in [3.8, 4) is 0 Å². The Morgan fingerprint density at radius 2 is 2.11 bits per heavy atom. The normalized spacial score (nSPS) is 17.1. The van der Waals surface area contributed by atoms with E-state index in [4.69, 9.17) is 11.6 Å². The third-order valence-corrected chi connectivity index (χ3v) is 3.91. The second kappa shape index (κ2) is 6.30. The van der Waals surface area contributed by atoms with Gasteiger partial charge >= 0.3 is 0 Å². The fourth-order valence-corrected chi connectivity index (χ4v) is 2.77. The van der Waals surface area contributed by atoms with Crippen molar-refractivity contribution in [3.05, 3.63) is 28.5 Å². The highest BCUT2D eigenvalue weighted by Gasteiger charge is 2.19. The van der Waals surface area contributed by atoms with Crippen molar-refractivity contribution in [1.29, 1.82) is 0 Å². The van der Waals surface area contributed by atoms with Gasteiger partial charge in [0.15, 0.2) is 6.29 Å². The van der Waals surface area contributed by atoms with Gasteiger partial charge in [-0.05, 0) is 32.0 Å². The van der Waals surface area contributed by atoms with Crippen LogP contribution in [0.2, 0.25) is 5.15 Å². The molecule has 1 fully saturated rings. The van der Waals surface area contributed by atoms with Crippen LogP contribution in [0.25, 0.3) is 0 Å². The molecule has 0 radical (unpaired) electrons. The predicted molar refractivity (Wildman–Crippen MR) is 73.0 cm³/mol. The maximum absolute atomic E-state index is 11.0. The summed E-state index contributed by atoms with van der Waals surface area (Å²) in [6.45, 7) is 0.694. The maximum atomic E-state index is 11.0. The molecular weight excluding hydrogens is 248 g/mol. The van der Waals surface area contributed by atoms with Crippen molar-refractivity contribution in [2.75, 3.05) is 7.05 Å². The van der Waals surface area contributed by atoms with Crippen LogP contribution < -0.4 is 0 Å². The van der Waals surface area contributed by atoms with Crippen molar-refractivity contribution in [1.82, 2.24) is 9.88 Å². The molecule has 0 bridgehead atoms. The number of pyridine rings is 1. The SMILES string of the molecule is CN(Cc1nc(Cl)ccc1C=O)C1CCCCC1. The fraction of sp³-hybridized carbons (Fsp3) is 0.571. The molecule has 1 saturated carbocycles. The summed E-state index contributed by atoms with van der Waals surface area (Å²) in [7, 11) is 2.10. The zero-order chi connectivity index (χ0) is 13.0. The summed E-state index contributed by atoms with van der Waals surface area (Å²) in [5.41, 5.74) is 1.42. The van der Waals surface area contributed by atoms with Gasteiger partial charge in [0.1, 0.15) is 5.15 Å². The van der Waals surface area contributed by atoms with Crippen LogP contribution in [0.15, 0.2) is 12.1 Å². The molecule has 0 aliphatic heterocycles. The van der Waals surface area contributed by atoms with Crippen LogP contribution in [0.5, 0.6) is 0 Å². The van der Waals surface area contributed by atoms with Gasteiger partial charge in [0.25, 0.3) is 0 Å². The Balaban J connectivity index is 2.07. The number of halogens is 1. The van der Waals surface area contributed by atoms with Crippen molar-refractivity contribution >= 4 is 17.9 Å². The van der Waals surface area contributed by atoms with Crippen LogP contribution in [0.3, 0.4) is 0 Å². The topological polar surface area (TPSA) is 33.2 Å². The van der Waals surface area contributed by atoms with E-state index in [1.54, 1.807) is 12.1 Å². The van der Waals surface area contributed by atoms with Crippen LogP contribution >= 0.6 is 11.6 Å². The van der Waals surface area contributed by atoms with Crippen LogP contribution in [0.4, 0.5) is 0 Å². The summed E-state index contributed by atoms with van der Waals surface area (Å²) in [6.07, 6.45) is 7.30. The molecule has 0 N–H and O–H groups in total. The third-order valence-electron chi connectivity index (χ3n) is 3.70. The molecule has 1 aromatic heterocycles. The molecule has 0 spiro atoms. The van der Waals surface area contributed by atoms with E-state index in [-0.39, 0.29) is 0 Å². The molecule has 0 atom stereocenters. The van der Waals surface area contributed by atoms with Gasteiger partial charge in [-0.15, -0.1) is 0 Å². The zero-order valence-electron chi connectivity index (χ0n) is 10.7. The smallest absolute Gasteiger partial charge is 0.151 e. The number of rotatable bonds is 4. The zero-order valence-corrected chi connectivity index (χ0v) is 11.5. The molecule has 0 aromatic carbocycles. The lowest BCUT2D eigenvalue weighted by molar-refractivity contribution is 0.111. The van der Waals surface area contributed by atoms with Gasteiger partial charge < -0.3 is 0 Å². The number of aldehydes is 1. The third kappa shape index (κ3) is 3.30. The Kier molecular flexibility index (Phi) is 4.72. The molecule has 1 heterocycles. The van der Waals surface area contributed by atoms with Gasteiger partial charge in [0.2, 0.25) is 0 Å². The monoisotopic (exact) mass is 266 g/mol. The molecule has 98 valence electrons. The average Bonchev–Trinajstić information content (AvgIpc) is 2.40. The summed E-state index contributed by atoms with van der Waals surface area (Å²) in [5.74, 6) is 0. The molecule has 3 nitrogen and oxygen atoms in total. The van der Waals surface area contributed by atoms with E-state index in [0.29, 0.717) is 23.3 Å². The maximum Gasteiger partial charge on any atom is 0.151 e. The Hall–Kier alpha value is -0.930. The molecule has 1 aliphatic carbocycles. The second-order valence-corrected chi connectivity index (χ2v) is 5.38.